The van der Waals surface area contributed by atoms with Crippen LogP contribution in [0.15, 0.2) is 72.9 Å². The summed E-state index contributed by atoms with van der Waals surface area (Å²) in [5.41, 5.74) is -0.400. The third kappa shape index (κ3) is 5.60. The molecular weight excluding hydrogens is 399 g/mol. The van der Waals surface area contributed by atoms with Crippen LogP contribution in [0.1, 0.15) is 21.6 Å². The minimum atomic E-state index is -4.47. The van der Waals surface area contributed by atoms with Crippen LogP contribution in [0.5, 0.6) is 17.2 Å². The van der Waals surface area contributed by atoms with Gasteiger partial charge in [-0.15, -0.1) is 0 Å². The molecule has 3 rings (SSSR count). The number of carboxylic acids is 1. The highest BCUT2D eigenvalue weighted by molar-refractivity contribution is 5.90. The maximum absolute atomic E-state index is 12.5. The van der Waals surface area contributed by atoms with Gasteiger partial charge in [-0.3, -0.25) is 4.98 Å². The summed E-state index contributed by atoms with van der Waals surface area (Å²) >= 11 is 0. The van der Waals surface area contributed by atoms with Gasteiger partial charge in [-0.1, -0.05) is 30.3 Å². The fraction of sp³-hybridized carbons (Fsp3) is 0.0909. The Morgan fingerprint density at radius 1 is 1.03 bits per heavy atom. The molecule has 8 heteroatoms. The van der Waals surface area contributed by atoms with Gasteiger partial charge in [0.2, 0.25) is 0 Å². The number of carbonyl (C=O) groups is 1. The molecule has 0 aliphatic rings. The Balaban J connectivity index is 1.60. The first-order valence-corrected chi connectivity index (χ1v) is 8.76. The summed E-state index contributed by atoms with van der Waals surface area (Å²) in [6.07, 6.45) is -0.106. The molecule has 0 saturated heterocycles. The normalized spacial score (nSPS) is 11.4. The van der Waals surface area contributed by atoms with Gasteiger partial charge in [0.05, 0.1) is 0 Å². The van der Waals surface area contributed by atoms with E-state index in [0.29, 0.717) is 17.1 Å². The van der Waals surface area contributed by atoms with Gasteiger partial charge in [-0.2, -0.15) is 13.2 Å². The van der Waals surface area contributed by atoms with Gasteiger partial charge < -0.3 is 14.6 Å². The van der Waals surface area contributed by atoms with Crippen LogP contribution < -0.4 is 9.47 Å². The Bertz CT molecular complexity index is 1050. The van der Waals surface area contributed by atoms with E-state index in [1.54, 1.807) is 54.6 Å². The summed E-state index contributed by atoms with van der Waals surface area (Å²) in [6.45, 7) is 0.163. The van der Waals surface area contributed by atoms with Crippen molar-refractivity contribution in [2.45, 2.75) is 6.18 Å². The van der Waals surface area contributed by atoms with Crippen molar-refractivity contribution in [3.8, 4) is 17.2 Å². The monoisotopic (exact) mass is 415 g/mol. The molecule has 2 aromatic carbocycles. The third-order valence-electron chi connectivity index (χ3n) is 3.88. The molecule has 1 aromatic heterocycles. The number of ether oxygens (including phenoxy) is 2. The Hall–Kier alpha value is -3.81. The Labute approximate surface area is 170 Å². The number of halogens is 3. The van der Waals surface area contributed by atoms with E-state index in [-0.39, 0.29) is 17.9 Å². The Kier molecular flexibility index (Phi) is 6.36. The first-order chi connectivity index (χ1) is 14.3. The SMILES string of the molecule is O=C(O)c1ccccc1Oc1cccc(OCC=Cc2ccc(C(F)(F)F)nc2)c1. The number of alkyl halides is 3. The number of aromatic carboxylic acids is 1. The quantitative estimate of drug-likeness (QED) is 0.537. The van der Waals surface area contributed by atoms with Crippen molar-refractivity contribution >= 4 is 12.0 Å². The molecule has 0 bridgehead atoms. The van der Waals surface area contributed by atoms with E-state index in [9.17, 15) is 23.1 Å². The number of benzene rings is 2. The molecule has 30 heavy (non-hydrogen) atoms. The number of aromatic nitrogens is 1. The second-order valence-corrected chi connectivity index (χ2v) is 6.07. The first-order valence-electron chi connectivity index (χ1n) is 8.76. The van der Waals surface area contributed by atoms with E-state index in [1.807, 2.05) is 0 Å². The summed E-state index contributed by atoms with van der Waals surface area (Å²) < 4.78 is 48.7. The maximum atomic E-state index is 12.5. The van der Waals surface area contributed by atoms with Crippen LogP contribution in [0.4, 0.5) is 13.2 Å². The predicted molar refractivity (Wildman–Crippen MR) is 104 cm³/mol. The van der Waals surface area contributed by atoms with Crippen LogP contribution in [-0.2, 0) is 6.18 Å². The molecule has 0 aliphatic heterocycles. The number of rotatable bonds is 7. The lowest BCUT2D eigenvalue weighted by molar-refractivity contribution is -0.141. The molecule has 1 heterocycles. The van der Waals surface area contributed by atoms with Gasteiger partial charge in [-0.25, -0.2) is 4.79 Å². The van der Waals surface area contributed by atoms with E-state index >= 15 is 0 Å². The van der Waals surface area contributed by atoms with Crippen molar-refractivity contribution in [2.75, 3.05) is 6.61 Å². The summed E-state index contributed by atoms with van der Waals surface area (Å²) in [7, 11) is 0. The highest BCUT2D eigenvalue weighted by atomic mass is 19.4. The number of hydrogen-bond acceptors (Lipinski definition) is 4. The van der Waals surface area contributed by atoms with E-state index in [2.05, 4.69) is 4.98 Å². The van der Waals surface area contributed by atoms with Gasteiger partial charge in [0.1, 0.15) is 35.1 Å². The van der Waals surface area contributed by atoms with Crippen molar-refractivity contribution < 1.29 is 32.5 Å². The Morgan fingerprint density at radius 2 is 1.80 bits per heavy atom. The van der Waals surface area contributed by atoms with Gasteiger partial charge in [0.15, 0.2) is 0 Å². The third-order valence-corrected chi connectivity index (χ3v) is 3.88. The van der Waals surface area contributed by atoms with Crippen LogP contribution in [0.25, 0.3) is 6.08 Å². The molecule has 0 radical (unpaired) electrons. The van der Waals surface area contributed by atoms with Crippen molar-refractivity contribution in [3.63, 3.8) is 0 Å². The summed E-state index contributed by atoms with van der Waals surface area (Å²) in [4.78, 5) is 14.6. The number of pyridine rings is 1. The summed E-state index contributed by atoms with van der Waals surface area (Å²) in [5, 5.41) is 9.22. The minimum absolute atomic E-state index is 0.0388. The highest BCUT2D eigenvalue weighted by Gasteiger charge is 2.31. The number of hydrogen-bond donors (Lipinski definition) is 1. The number of para-hydroxylation sites is 1. The molecule has 0 amide bonds. The predicted octanol–water partition coefficient (Wildman–Crippen LogP) is 5.68. The fourth-order valence-electron chi connectivity index (χ4n) is 2.49. The van der Waals surface area contributed by atoms with Gasteiger partial charge >= 0.3 is 12.1 Å². The lowest BCUT2D eigenvalue weighted by atomic mass is 10.2. The average Bonchev–Trinajstić information content (AvgIpc) is 2.71. The highest BCUT2D eigenvalue weighted by Crippen LogP contribution is 2.28. The molecule has 5 nitrogen and oxygen atoms in total. The van der Waals surface area contributed by atoms with Crippen molar-refractivity contribution in [3.05, 3.63) is 89.8 Å². The standard InChI is InChI=1S/C22H16F3NO4/c23-22(24,25)20-11-10-15(14-26-20)5-4-12-29-16-6-3-7-17(13-16)30-19-9-2-1-8-18(19)21(27)28/h1-11,13-14H,12H2,(H,27,28). The largest absolute Gasteiger partial charge is 0.489 e. The summed E-state index contributed by atoms with van der Waals surface area (Å²) in [6, 6.07) is 15.2. The average molecular weight is 415 g/mol. The lowest BCUT2D eigenvalue weighted by Gasteiger charge is -2.10. The van der Waals surface area contributed by atoms with Gasteiger partial charge in [-0.05, 0) is 42.0 Å². The smallest absolute Gasteiger partial charge is 0.433 e. The van der Waals surface area contributed by atoms with E-state index < -0.39 is 17.8 Å². The van der Waals surface area contributed by atoms with Gasteiger partial charge in [0, 0.05) is 12.3 Å². The fourth-order valence-corrected chi connectivity index (χ4v) is 2.49. The van der Waals surface area contributed by atoms with Crippen molar-refractivity contribution in [1.82, 2.24) is 4.98 Å². The molecule has 1 N–H and O–H groups in total. The van der Waals surface area contributed by atoms with Gasteiger partial charge in [0.25, 0.3) is 0 Å². The molecular formula is C22H16F3NO4. The van der Waals surface area contributed by atoms with Crippen LogP contribution in [0.3, 0.4) is 0 Å². The molecule has 0 atom stereocenters. The van der Waals surface area contributed by atoms with Crippen LogP contribution >= 0.6 is 0 Å². The number of carboxylic acid groups (broad SMARTS) is 1. The first kappa shape index (κ1) is 20.9. The van der Waals surface area contributed by atoms with Crippen LogP contribution in [0.2, 0.25) is 0 Å². The zero-order valence-electron chi connectivity index (χ0n) is 15.5. The molecule has 3 aromatic rings. The van der Waals surface area contributed by atoms with Crippen LogP contribution in [0, 0.1) is 0 Å². The van der Waals surface area contributed by atoms with E-state index in [1.165, 1.54) is 12.1 Å². The molecule has 0 aliphatic carbocycles. The van der Waals surface area contributed by atoms with Crippen LogP contribution in [-0.4, -0.2) is 22.7 Å². The topological polar surface area (TPSA) is 68.7 Å². The number of nitrogens with zero attached hydrogens (tertiary/aromatic N) is 1. The zero-order chi connectivity index (χ0) is 21.6. The lowest BCUT2D eigenvalue weighted by Crippen LogP contribution is -2.07. The zero-order valence-corrected chi connectivity index (χ0v) is 15.5. The van der Waals surface area contributed by atoms with E-state index in [4.69, 9.17) is 9.47 Å². The summed E-state index contributed by atoms with van der Waals surface area (Å²) in [5.74, 6) is -0.00892. The van der Waals surface area contributed by atoms with Crippen molar-refractivity contribution in [1.29, 1.82) is 0 Å². The Morgan fingerprint density at radius 3 is 2.50 bits per heavy atom. The molecule has 0 fully saturated rings. The second kappa shape index (κ2) is 9.13. The maximum Gasteiger partial charge on any atom is 0.433 e. The minimum Gasteiger partial charge on any atom is -0.489 e. The molecule has 154 valence electrons. The molecule has 0 unspecified atom stereocenters. The van der Waals surface area contributed by atoms with E-state index in [0.717, 1.165) is 12.3 Å². The van der Waals surface area contributed by atoms with Crippen molar-refractivity contribution in [2.24, 2.45) is 0 Å². The molecule has 0 saturated carbocycles. The second-order valence-electron chi connectivity index (χ2n) is 6.07. The molecule has 0 spiro atoms.